The first-order valence-corrected chi connectivity index (χ1v) is 8.15. The molecule has 1 N–H and O–H groups in total. The number of nitrogens with one attached hydrogen (secondary N) is 1. The molecule has 0 bridgehead atoms. The van der Waals surface area contributed by atoms with E-state index in [4.69, 9.17) is 4.74 Å². The summed E-state index contributed by atoms with van der Waals surface area (Å²) in [6.45, 7) is 6.57. The third-order valence-corrected chi connectivity index (χ3v) is 4.88. The first-order chi connectivity index (χ1) is 10.7. The van der Waals surface area contributed by atoms with E-state index in [-0.39, 0.29) is 30.9 Å². The Morgan fingerprint density at radius 1 is 1.08 bits per heavy atom. The van der Waals surface area contributed by atoms with Crippen LogP contribution in [0.25, 0.3) is 0 Å². The molecular weight excluding hydrogens is 357 g/mol. The second kappa shape index (κ2) is 9.88. The highest BCUT2D eigenvalue weighted by Crippen LogP contribution is 2.37. The highest BCUT2D eigenvalue weighted by molar-refractivity contribution is 5.85. The number of piperazine rings is 1. The minimum atomic E-state index is -0.704. The molecule has 24 heavy (non-hydrogen) atoms. The molecule has 2 heterocycles. The molecule has 0 aliphatic carbocycles. The van der Waals surface area contributed by atoms with Crippen molar-refractivity contribution in [2.75, 3.05) is 39.4 Å². The molecule has 1 aromatic carbocycles. The number of hydrogen-bond donors (Lipinski definition) is 1. The van der Waals surface area contributed by atoms with Gasteiger partial charge in [-0.15, -0.1) is 24.8 Å². The molecule has 0 amide bonds. The maximum atomic E-state index is 14.6. The molecule has 1 atom stereocenters. The fourth-order valence-corrected chi connectivity index (χ4v) is 3.63. The first-order valence-electron chi connectivity index (χ1n) is 8.15. The van der Waals surface area contributed by atoms with Crippen LogP contribution in [0.1, 0.15) is 30.0 Å². The summed E-state index contributed by atoms with van der Waals surface area (Å²) in [7, 11) is 0. The zero-order valence-electron chi connectivity index (χ0n) is 13.9. The Hall–Kier alpha value is -0.460. The van der Waals surface area contributed by atoms with Crippen LogP contribution in [0.3, 0.4) is 0 Å². The number of nitrogens with zero attached hydrogens (tertiary/aromatic N) is 1. The maximum Gasteiger partial charge on any atom is 0.163 e. The average Bonchev–Trinajstić information content (AvgIpc) is 2.57. The minimum absolute atomic E-state index is 0. The van der Waals surface area contributed by atoms with Gasteiger partial charge in [-0.25, -0.2) is 8.78 Å². The van der Waals surface area contributed by atoms with Crippen LogP contribution in [0.15, 0.2) is 12.1 Å². The SMILES string of the molecule is Cc1ccc([C@@H](C2CCOCC2)N2CCNCC2)c(F)c1F.Cl.Cl. The molecule has 7 heteroatoms. The van der Waals surface area contributed by atoms with Gasteiger partial charge in [-0.2, -0.15) is 0 Å². The lowest BCUT2D eigenvalue weighted by Gasteiger charge is -2.41. The van der Waals surface area contributed by atoms with Crippen molar-refractivity contribution >= 4 is 24.8 Å². The Balaban J connectivity index is 0.00000144. The molecule has 3 rings (SSSR count). The van der Waals surface area contributed by atoms with Crippen molar-refractivity contribution in [3.63, 3.8) is 0 Å². The molecule has 0 spiro atoms. The number of rotatable bonds is 3. The molecule has 2 aliphatic rings. The topological polar surface area (TPSA) is 24.5 Å². The van der Waals surface area contributed by atoms with Crippen LogP contribution in [0.2, 0.25) is 0 Å². The first kappa shape index (κ1) is 21.6. The van der Waals surface area contributed by atoms with Crippen molar-refractivity contribution in [2.24, 2.45) is 5.92 Å². The van der Waals surface area contributed by atoms with Crippen molar-refractivity contribution in [1.82, 2.24) is 10.2 Å². The zero-order chi connectivity index (χ0) is 15.5. The minimum Gasteiger partial charge on any atom is -0.381 e. The molecule has 0 radical (unpaired) electrons. The molecule has 138 valence electrons. The monoisotopic (exact) mass is 382 g/mol. The number of halogens is 4. The van der Waals surface area contributed by atoms with Crippen molar-refractivity contribution in [3.05, 3.63) is 34.9 Å². The Kier molecular flexibility index (Phi) is 8.88. The van der Waals surface area contributed by atoms with Gasteiger partial charge in [0.15, 0.2) is 11.6 Å². The van der Waals surface area contributed by atoms with Crippen molar-refractivity contribution < 1.29 is 13.5 Å². The largest absolute Gasteiger partial charge is 0.381 e. The molecule has 0 aromatic heterocycles. The molecular formula is C17H26Cl2F2N2O. The molecule has 2 aliphatic heterocycles. The number of hydrogen-bond acceptors (Lipinski definition) is 3. The zero-order valence-corrected chi connectivity index (χ0v) is 15.5. The van der Waals surface area contributed by atoms with Gasteiger partial charge in [0.2, 0.25) is 0 Å². The maximum absolute atomic E-state index is 14.6. The van der Waals surface area contributed by atoms with Crippen molar-refractivity contribution in [3.8, 4) is 0 Å². The van der Waals surface area contributed by atoms with Gasteiger partial charge in [-0.1, -0.05) is 12.1 Å². The van der Waals surface area contributed by atoms with Gasteiger partial charge in [0.05, 0.1) is 0 Å². The van der Waals surface area contributed by atoms with Gasteiger partial charge in [0, 0.05) is 51.0 Å². The van der Waals surface area contributed by atoms with E-state index in [0.29, 0.717) is 30.3 Å². The van der Waals surface area contributed by atoms with E-state index in [9.17, 15) is 8.78 Å². The Morgan fingerprint density at radius 3 is 2.33 bits per heavy atom. The lowest BCUT2D eigenvalue weighted by atomic mass is 9.85. The Bertz CT molecular complexity index is 504. The molecule has 0 unspecified atom stereocenters. The van der Waals surface area contributed by atoms with Gasteiger partial charge in [-0.05, 0) is 31.2 Å². The quantitative estimate of drug-likeness (QED) is 0.865. The third-order valence-electron chi connectivity index (χ3n) is 4.88. The van der Waals surface area contributed by atoms with Crippen LogP contribution in [0.4, 0.5) is 8.78 Å². The number of aryl methyl sites for hydroxylation is 1. The van der Waals surface area contributed by atoms with Crippen molar-refractivity contribution in [2.45, 2.75) is 25.8 Å². The van der Waals surface area contributed by atoms with E-state index in [0.717, 1.165) is 39.0 Å². The van der Waals surface area contributed by atoms with E-state index in [2.05, 4.69) is 10.2 Å². The second-order valence-electron chi connectivity index (χ2n) is 6.28. The van der Waals surface area contributed by atoms with Gasteiger partial charge < -0.3 is 10.1 Å². The van der Waals surface area contributed by atoms with Crippen LogP contribution < -0.4 is 5.32 Å². The standard InChI is InChI=1S/C17H24F2N2O.2ClH/c1-12-2-3-14(16(19)15(12)18)17(13-4-10-22-11-5-13)21-8-6-20-7-9-21;;/h2-3,13,17,20H,4-11H2,1H3;2*1H/t17-;;/m1../s1. The molecule has 0 saturated carbocycles. The summed E-state index contributed by atoms with van der Waals surface area (Å²) >= 11 is 0. The molecule has 2 fully saturated rings. The summed E-state index contributed by atoms with van der Waals surface area (Å²) < 4.78 is 34.1. The van der Waals surface area contributed by atoms with Crippen LogP contribution in [0.5, 0.6) is 0 Å². The third kappa shape index (κ3) is 4.58. The van der Waals surface area contributed by atoms with E-state index in [1.807, 2.05) is 0 Å². The lowest BCUT2D eigenvalue weighted by Crippen LogP contribution is -2.47. The van der Waals surface area contributed by atoms with Crippen LogP contribution in [0, 0.1) is 24.5 Å². The summed E-state index contributed by atoms with van der Waals surface area (Å²) in [5.74, 6) is -1.05. The average molecular weight is 383 g/mol. The summed E-state index contributed by atoms with van der Waals surface area (Å²) in [6.07, 6.45) is 1.81. The lowest BCUT2D eigenvalue weighted by molar-refractivity contribution is 0.0201. The second-order valence-corrected chi connectivity index (χ2v) is 6.28. The van der Waals surface area contributed by atoms with Crippen molar-refractivity contribution in [1.29, 1.82) is 0 Å². The normalized spacial score (nSPS) is 20.8. The number of ether oxygens (including phenoxy) is 1. The van der Waals surface area contributed by atoms with Crippen LogP contribution >= 0.6 is 24.8 Å². The summed E-state index contributed by atoms with van der Waals surface area (Å²) in [6, 6.07) is 3.42. The van der Waals surface area contributed by atoms with Crippen LogP contribution in [-0.2, 0) is 4.74 Å². The highest BCUT2D eigenvalue weighted by atomic mass is 35.5. The van der Waals surface area contributed by atoms with E-state index < -0.39 is 11.6 Å². The predicted octanol–water partition coefficient (Wildman–Crippen LogP) is 3.49. The fourth-order valence-electron chi connectivity index (χ4n) is 3.63. The summed E-state index contributed by atoms with van der Waals surface area (Å²) in [4.78, 5) is 2.31. The van der Waals surface area contributed by atoms with Gasteiger partial charge in [0.1, 0.15) is 0 Å². The Morgan fingerprint density at radius 2 is 1.71 bits per heavy atom. The molecule has 2 saturated heterocycles. The van der Waals surface area contributed by atoms with Crippen LogP contribution in [-0.4, -0.2) is 44.3 Å². The highest BCUT2D eigenvalue weighted by Gasteiger charge is 2.33. The smallest absolute Gasteiger partial charge is 0.163 e. The van der Waals surface area contributed by atoms with Gasteiger partial charge in [0.25, 0.3) is 0 Å². The Labute approximate surface area is 154 Å². The fraction of sp³-hybridized carbons (Fsp3) is 0.647. The van der Waals surface area contributed by atoms with E-state index >= 15 is 0 Å². The van der Waals surface area contributed by atoms with E-state index in [1.165, 1.54) is 0 Å². The van der Waals surface area contributed by atoms with Gasteiger partial charge in [-0.3, -0.25) is 4.90 Å². The molecule has 3 nitrogen and oxygen atoms in total. The summed E-state index contributed by atoms with van der Waals surface area (Å²) in [5, 5.41) is 3.32. The predicted molar refractivity (Wildman–Crippen MR) is 96.3 cm³/mol. The summed E-state index contributed by atoms with van der Waals surface area (Å²) in [5.41, 5.74) is 0.879. The number of benzene rings is 1. The van der Waals surface area contributed by atoms with E-state index in [1.54, 1.807) is 19.1 Å². The molecule has 1 aromatic rings. The van der Waals surface area contributed by atoms with Gasteiger partial charge >= 0.3 is 0 Å².